The zero-order valence-electron chi connectivity index (χ0n) is 14.3. The van der Waals surface area contributed by atoms with Crippen molar-refractivity contribution in [3.8, 4) is 11.1 Å². The number of halogens is 2. The van der Waals surface area contributed by atoms with E-state index in [1.807, 2.05) is 30.3 Å². The molecular formula is C19H19F2NO4. The minimum absolute atomic E-state index is 0.156. The van der Waals surface area contributed by atoms with Gasteiger partial charge in [0.05, 0.1) is 7.11 Å². The first kappa shape index (κ1) is 19.5. The van der Waals surface area contributed by atoms with E-state index in [1.165, 1.54) is 12.1 Å². The molecule has 2 aromatic carbocycles. The summed E-state index contributed by atoms with van der Waals surface area (Å²) in [5, 5.41) is 12.0. The average Bonchev–Trinajstić information content (AvgIpc) is 2.65. The van der Waals surface area contributed by atoms with Crippen LogP contribution in [0.4, 0.5) is 8.78 Å². The molecule has 0 aliphatic carbocycles. The summed E-state index contributed by atoms with van der Waals surface area (Å²) in [6, 6.07) is 13.9. The van der Waals surface area contributed by atoms with Crippen LogP contribution in [0.15, 0.2) is 54.6 Å². The number of hydrogen-bond donors (Lipinski definition) is 2. The smallest absolute Gasteiger partial charge is 0.331 e. The van der Waals surface area contributed by atoms with Gasteiger partial charge in [-0.05, 0) is 30.2 Å². The molecule has 0 unspecified atom stereocenters. The molecule has 2 atom stereocenters. The Morgan fingerprint density at radius 2 is 1.58 bits per heavy atom. The number of alkyl halides is 2. The average molecular weight is 363 g/mol. The normalized spacial score (nSPS) is 14.4. The first-order chi connectivity index (χ1) is 12.3. The highest BCUT2D eigenvalue weighted by molar-refractivity contribution is 5.97. The Morgan fingerprint density at radius 1 is 1.04 bits per heavy atom. The lowest BCUT2D eigenvalue weighted by molar-refractivity contribution is -0.160. The second-order valence-electron chi connectivity index (χ2n) is 5.90. The molecule has 138 valence electrons. The first-order valence-electron chi connectivity index (χ1n) is 7.82. The molecular weight excluding hydrogens is 344 g/mol. The zero-order valence-corrected chi connectivity index (χ0v) is 14.3. The molecule has 0 aliphatic rings. The molecule has 2 N–H and O–H groups in total. The van der Waals surface area contributed by atoms with Gasteiger partial charge in [-0.3, -0.25) is 4.79 Å². The van der Waals surface area contributed by atoms with E-state index in [2.05, 4.69) is 10.1 Å². The minimum atomic E-state index is -3.26. The molecule has 0 spiro atoms. The van der Waals surface area contributed by atoms with Gasteiger partial charge in [-0.1, -0.05) is 42.5 Å². The topological polar surface area (TPSA) is 75.6 Å². The van der Waals surface area contributed by atoms with E-state index < -0.39 is 29.9 Å². The van der Waals surface area contributed by atoms with E-state index in [0.29, 0.717) is 0 Å². The number of nitrogens with one attached hydrogen (secondary N) is 1. The largest absolute Gasteiger partial charge is 0.467 e. The molecule has 0 bridgehead atoms. The highest BCUT2D eigenvalue weighted by atomic mass is 19.3. The van der Waals surface area contributed by atoms with Gasteiger partial charge >= 0.3 is 5.97 Å². The van der Waals surface area contributed by atoms with Crippen molar-refractivity contribution in [3.05, 3.63) is 60.2 Å². The Hall–Kier alpha value is -2.80. The summed E-state index contributed by atoms with van der Waals surface area (Å²) in [4.78, 5) is 24.1. The molecule has 0 aromatic heterocycles. The summed E-state index contributed by atoms with van der Waals surface area (Å²) in [5.41, 5.74) is -0.797. The number of rotatable bonds is 6. The molecule has 0 heterocycles. The van der Waals surface area contributed by atoms with Crippen molar-refractivity contribution >= 4 is 11.9 Å². The summed E-state index contributed by atoms with van der Waals surface area (Å²) in [6.07, 6.45) is -3.26. The number of carbonyl (C=O) groups is 2. The van der Waals surface area contributed by atoms with Gasteiger partial charge < -0.3 is 15.2 Å². The summed E-state index contributed by atoms with van der Waals surface area (Å²) in [5.74, 6) is -1.94. The summed E-state index contributed by atoms with van der Waals surface area (Å²) < 4.78 is 30.5. The van der Waals surface area contributed by atoms with Gasteiger partial charge in [-0.15, -0.1) is 0 Å². The number of ether oxygens (including phenoxy) is 1. The highest BCUT2D eigenvalue weighted by Crippen LogP contribution is 2.22. The van der Waals surface area contributed by atoms with Gasteiger partial charge in [0, 0.05) is 5.56 Å². The van der Waals surface area contributed by atoms with Crippen molar-refractivity contribution in [1.29, 1.82) is 0 Å². The second-order valence-corrected chi connectivity index (χ2v) is 5.90. The Balaban J connectivity index is 2.20. The number of methoxy groups -OCH3 is 1. The van der Waals surface area contributed by atoms with Crippen LogP contribution < -0.4 is 5.32 Å². The van der Waals surface area contributed by atoms with Crippen LogP contribution in [0, 0.1) is 0 Å². The van der Waals surface area contributed by atoms with Crippen molar-refractivity contribution in [3.63, 3.8) is 0 Å². The summed E-state index contributed by atoms with van der Waals surface area (Å²) >= 11 is 0. The molecule has 7 heteroatoms. The third-order valence-electron chi connectivity index (χ3n) is 3.99. The Morgan fingerprint density at radius 3 is 2.08 bits per heavy atom. The number of hydrogen-bond acceptors (Lipinski definition) is 4. The molecule has 2 rings (SSSR count). The van der Waals surface area contributed by atoms with Gasteiger partial charge in [0.25, 0.3) is 12.3 Å². The standard InChI is InChI=1S/C19H19F2NO4/c1-19(25,18(20)21)15(17(24)26-2)22-16(23)14-10-8-13(9-11-14)12-6-4-3-5-7-12/h3-11,15,18,25H,1-2H3,(H,22,23)/t15-,19+/m1/s1. The maximum absolute atomic E-state index is 13.0. The first-order valence-corrected chi connectivity index (χ1v) is 7.82. The lowest BCUT2D eigenvalue weighted by atomic mass is 9.96. The molecule has 0 aliphatic heterocycles. The van der Waals surface area contributed by atoms with Crippen LogP contribution in [0.1, 0.15) is 17.3 Å². The predicted octanol–water partition coefficient (Wildman–Crippen LogP) is 2.64. The predicted molar refractivity (Wildman–Crippen MR) is 91.8 cm³/mol. The maximum atomic E-state index is 13.0. The summed E-state index contributed by atoms with van der Waals surface area (Å²) in [7, 11) is 0.984. The molecule has 0 saturated heterocycles. The van der Waals surface area contributed by atoms with Crippen LogP contribution in [-0.4, -0.2) is 42.2 Å². The zero-order chi connectivity index (χ0) is 19.3. The number of aliphatic hydroxyl groups is 1. The van der Waals surface area contributed by atoms with E-state index in [0.717, 1.165) is 25.2 Å². The van der Waals surface area contributed by atoms with Gasteiger partial charge in [0.15, 0.2) is 11.6 Å². The summed E-state index contributed by atoms with van der Waals surface area (Å²) in [6.45, 7) is 0.762. The third-order valence-corrected chi connectivity index (χ3v) is 3.99. The van der Waals surface area contributed by atoms with Gasteiger partial charge in [-0.2, -0.15) is 0 Å². The van der Waals surface area contributed by atoms with Gasteiger partial charge in [-0.25, -0.2) is 13.6 Å². The van der Waals surface area contributed by atoms with Crippen molar-refractivity contribution in [2.75, 3.05) is 7.11 Å². The third kappa shape index (κ3) is 4.23. The van der Waals surface area contributed by atoms with Crippen molar-refractivity contribution in [1.82, 2.24) is 5.32 Å². The van der Waals surface area contributed by atoms with Gasteiger partial charge in [0.1, 0.15) is 0 Å². The van der Waals surface area contributed by atoms with Crippen LogP contribution in [0.3, 0.4) is 0 Å². The van der Waals surface area contributed by atoms with Crippen LogP contribution in [0.5, 0.6) is 0 Å². The van der Waals surface area contributed by atoms with Crippen LogP contribution in [-0.2, 0) is 9.53 Å². The number of benzene rings is 2. The van der Waals surface area contributed by atoms with E-state index in [9.17, 15) is 23.5 Å². The Bertz CT molecular complexity index is 761. The Labute approximate surface area is 149 Å². The molecule has 26 heavy (non-hydrogen) atoms. The van der Waals surface area contributed by atoms with Crippen molar-refractivity contribution in [2.45, 2.75) is 25.0 Å². The number of esters is 1. The van der Waals surface area contributed by atoms with Gasteiger partial charge in [0.2, 0.25) is 0 Å². The number of amides is 1. The monoisotopic (exact) mass is 363 g/mol. The second kappa shape index (κ2) is 8.05. The van der Waals surface area contributed by atoms with E-state index in [-0.39, 0.29) is 5.56 Å². The Kier molecular flexibility index (Phi) is 6.05. The fraction of sp³-hybridized carbons (Fsp3) is 0.263. The lowest BCUT2D eigenvalue weighted by Gasteiger charge is -2.30. The fourth-order valence-corrected chi connectivity index (χ4v) is 2.35. The van der Waals surface area contributed by atoms with Crippen molar-refractivity contribution < 1.29 is 28.2 Å². The minimum Gasteiger partial charge on any atom is -0.467 e. The van der Waals surface area contributed by atoms with Crippen LogP contribution >= 0.6 is 0 Å². The number of carbonyl (C=O) groups excluding carboxylic acids is 2. The van der Waals surface area contributed by atoms with E-state index in [4.69, 9.17) is 0 Å². The molecule has 2 aromatic rings. The van der Waals surface area contributed by atoms with Crippen LogP contribution in [0.2, 0.25) is 0 Å². The molecule has 0 saturated carbocycles. The van der Waals surface area contributed by atoms with Crippen LogP contribution in [0.25, 0.3) is 11.1 Å². The molecule has 0 fully saturated rings. The van der Waals surface area contributed by atoms with E-state index >= 15 is 0 Å². The molecule has 1 amide bonds. The fourth-order valence-electron chi connectivity index (χ4n) is 2.35. The van der Waals surface area contributed by atoms with E-state index in [1.54, 1.807) is 12.1 Å². The molecule has 0 radical (unpaired) electrons. The molecule has 5 nitrogen and oxygen atoms in total. The SMILES string of the molecule is COC(=O)[C@@H](NC(=O)c1ccc(-c2ccccc2)cc1)[C@](C)(O)C(F)F. The highest BCUT2D eigenvalue weighted by Gasteiger charge is 2.46. The quantitative estimate of drug-likeness (QED) is 0.774. The van der Waals surface area contributed by atoms with Crippen molar-refractivity contribution in [2.24, 2.45) is 0 Å². The lowest BCUT2D eigenvalue weighted by Crippen LogP contribution is -2.59. The maximum Gasteiger partial charge on any atom is 0.331 e.